The van der Waals surface area contributed by atoms with E-state index >= 15 is 0 Å². The van der Waals surface area contributed by atoms with Gasteiger partial charge >= 0.3 is 0 Å². The SMILES string of the molecule is N#Cc1c(-c2ccc([N+](=O)[O-])cc2)cc(-c2ccccn2)nc1-c1c[nH]c2ccccc12. The summed E-state index contributed by atoms with van der Waals surface area (Å²) in [6.45, 7) is 0. The van der Waals surface area contributed by atoms with Gasteiger partial charge in [0, 0.05) is 46.6 Å². The van der Waals surface area contributed by atoms with E-state index in [1.807, 2.05) is 48.7 Å². The third-order valence-electron chi connectivity index (χ3n) is 5.29. The number of aromatic amines is 1. The molecule has 5 rings (SSSR count). The Morgan fingerprint density at radius 3 is 2.44 bits per heavy atom. The molecule has 3 aromatic heterocycles. The summed E-state index contributed by atoms with van der Waals surface area (Å²) >= 11 is 0. The number of non-ortho nitro benzene ring substituents is 1. The lowest BCUT2D eigenvalue weighted by Gasteiger charge is -2.12. The smallest absolute Gasteiger partial charge is 0.269 e. The van der Waals surface area contributed by atoms with Crippen molar-refractivity contribution in [3.05, 3.63) is 101 Å². The van der Waals surface area contributed by atoms with E-state index in [0.717, 1.165) is 16.5 Å². The molecule has 32 heavy (non-hydrogen) atoms. The van der Waals surface area contributed by atoms with E-state index in [2.05, 4.69) is 16.0 Å². The molecule has 1 N–H and O–H groups in total. The summed E-state index contributed by atoms with van der Waals surface area (Å²) in [5.41, 5.74) is 5.25. The molecule has 0 saturated heterocycles. The van der Waals surface area contributed by atoms with Gasteiger partial charge in [0.2, 0.25) is 0 Å². The number of fused-ring (bicyclic) bond motifs is 1. The second-order valence-electron chi connectivity index (χ2n) is 7.16. The van der Waals surface area contributed by atoms with E-state index in [1.54, 1.807) is 24.4 Å². The Morgan fingerprint density at radius 2 is 1.72 bits per heavy atom. The van der Waals surface area contributed by atoms with E-state index in [-0.39, 0.29) is 5.69 Å². The zero-order valence-electron chi connectivity index (χ0n) is 16.7. The van der Waals surface area contributed by atoms with Crippen LogP contribution in [-0.4, -0.2) is 19.9 Å². The van der Waals surface area contributed by atoms with Gasteiger partial charge in [-0.05, 0) is 42.0 Å². The Morgan fingerprint density at radius 1 is 0.938 bits per heavy atom. The Balaban J connectivity index is 1.80. The molecule has 3 heterocycles. The lowest BCUT2D eigenvalue weighted by atomic mass is 9.94. The van der Waals surface area contributed by atoms with Crippen molar-refractivity contribution in [1.82, 2.24) is 15.0 Å². The highest BCUT2D eigenvalue weighted by molar-refractivity contribution is 5.97. The normalized spacial score (nSPS) is 10.7. The van der Waals surface area contributed by atoms with Crippen molar-refractivity contribution in [3.63, 3.8) is 0 Å². The van der Waals surface area contributed by atoms with Crippen LogP contribution in [0.4, 0.5) is 5.69 Å². The number of para-hydroxylation sites is 1. The largest absolute Gasteiger partial charge is 0.360 e. The van der Waals surface area contributed by atoms with E-state index in [1.165, 1.54) is 12.1 Å². The fraction of sp³-hybridized carbons (Fsp3) is 0. The zero-order valence-corrected chi connectivity index (χ0v) is 16.7. The number of nitro benzene ring substituents is 1. The summed E-state index contributed by atoms with van der Waals surface area (Å²) < 4.78 is 0. The molecule has 152 valence electrons. The molecule has 0 amide bonds. The fourth-order valence-corrected chi connectivity index (χ4v) is 3.76. The third kappa shape index (κ3) is 3.26. The highest BCUT2D eigenvalue weighted by Crippen LogP contribution is 2.37. The molecule has 7 nitrogen and oxygen atoms in total. The Labute approximate surface area is 182 Å². The van der Waals surface area contributed by atoms with Gasteiger partial charge in [-0.2, -0.15) is 5.26 Å². The van der Waals surface area contributed by atoms with Crippen molar-refractivity contribution >= 4 is 16.6 Å². The second-order valence-corrected chi connectivity index (χ2v) is 7.16. The standard InChI is InChI=1S/C25H15N5O2/c26-14-20-19(16-8-10-17(11-9-16)30(31)32)13-24(23-7-3-4-12-27-23)29-25(20)21-15-28-22-6-2-1-5-18(21)22/h1-13,15,28H. The number of rotatable bonds is 4. The molecular formula is C25H15N5O2. The average molecular weight is 417 g/mol. The molecule has 0 radical (unpaired) electrons. The molecule has 5 aromatic rings. The molecule has 0 aliphatic rings. The van der Waals surface area contributed by atoms with Gasteiger partial charge in [-0.15, -0.1) is 0 Å². The summed E-state index contributed by atoms with van der Waals surface area (Å²) in [5, 5.41) is 22.1. The van der Waals surface area contributed by atoms with Crippen LogP contribution in [-0.2, 0) is 0 Å². The van der Waals surface area contributed by atoms with E-state index < -0.39 is 4.92 Å². The van der Waals surface area contributed by atoms with Gasteiger partial charge in [0.05, 0.1) is 27.6 Å². The van der Waals surface area contributed by atoms with Crippen molar-refractivity contribution in [2.75, 3.05) is 0 Å². The number of aromatic nitrogens is 3. The molecule has 0 bridgehead atoms. The minimum Gasteiger partial charge on any atom is -0.360 e. The van der Waals surface area contributed by atoms with Crippen molar-refractivity contribution < 1.29 is 4.92 Å². The zero-order chi connectivity index (χ0) is 22.1. The summed E-state index contributed by atoms with van der Waals surface area (Å²) in [5.74, 6) is 0. The number of hydrogen-bond donors (Lipinski definition) is 1. The van der Waals surface area contributed by atoms with Gasteiger partial charge in [-0.3, -0.25) is 15.1 Å². The van der Waals surface area contributed by atoms with Crippen molar-refractivity contribution in [2.45, 2.75) is 0 Å². The fourth-order valence-electron chi connectivity index (χ4n) is 3.76. The van der Waals surface area contributed by atoms with Crippen LogP contribution in [0.1, 0.15) is 5.56 Å². The first-order chi connectivity index (χ1) is 15.7. The van der Waals surface area contributed by atoms with Crippen LogP contribution in [0.25, 0.3) is 44.7 Å². The average Bonchev–Trinajstić information content (AvgIpc) is 3.28. The number of benzene rings is 2. The number of nitriles is 1. The van der Waals surface area contributed by atoms with E-state index in [0.29, 0.717) is 33.8 Å². The predicted octanol–water partition coefficient (Wildman–Crippen LogP) is 5.74. The lowest BCUT2D eigenvalue weighted by Crippen LogP contribution is -1.98. The van der Waals surface area contributed by atoms with Crippen LogP contribution >= 0.6 is 0 Å². The molecule has 2 aromatic carbocycles. The molecule has 0 aliphatic heterocycles. The number of nitrogens with one attached hydrogen (secondary N) is 1. The van der Waals surface area contributed by atoms with Crippen LogP contribution < -0.4 is 0 Å². The molecule has 0 atom stereocenters. The first-order valence-corrected chi connectivity index (χ1v) is 9.83. The Hall–Kier alpha value is -4.83. The van der Waals surface area contributed by atoms with Gasteiger partial charge in [0.15, 0.2) is 0 Å². The minimum absolute atomic E-state index is 0.0110. The number of nitro groups is 1. The van der Waals surface area contributed by atoms with Crippen LogP contribution in [0.5, 0.6) is 0 Å². The molecule has 0 fully saturated rings. The van der Waals surface area contributed by atoms with E-state index in [9.17, 15) is 15.4 Å². The molecule has 0 unspecified atom stereocenters. The minimum atomic E-state index is -0.446. The van der Waals surface area contributed by atoms with Crippen LogP contribution in [0.2, 0.25) is 0 Å². The number of H-pyrrole nitrogens is 1. The quantitative estimate of drug-likeness (QED) is 0.296. The maximum Gasteiger partial charge on any atom is 0.269 e. The summed E-state index contributed by atoms with van der Waals surface area (Å²) in [4.78, 5) is 23.1. The molecule has 0 saturated carbocycles. The van der Waals surface area contributed by atoms with E-state index in [4.69, 9.17) is 4.98 Å². The van der Waals surface area contributed by atoms with Crippen LogP contribution in [0.3, 0.4) is 0 Å². The Bertz CT molecular complexity index is 1500. The molecule has 7 heteroatoms. The number of pyridine rings is 2. The molecular weight excluding hydrogens is 402 g/mol. The van der Waals surface area contributed by atoms with Crippen LogP contribution in [0.15, 0.2) is 85.2 Å². The summed E-state index contributed by atoms with van der Waals surface area (Å²) in [6.07, 6.45) is 3.53. The number of nitrogens with zero attached hydrogens (tertiary/aromatic N) is 4. The third-order valence-corrected chi connectivity index (χ3v) is 5.29. The van der Waals surface area contributed by atoms with Gasteiger partial charge in [0.25, 0.3) is 5.69 Å². The topological polar surface area (TPSA) is 108 Å². The van der Waals surface area contributed by atoms with Crippen LogP contribution in [0, 0.1) is 21.4 Å². The van der Waals surface area contributed by atoms with Gasteiger partial charge in [0.1, 0.15) is 6.07 Å². The monoisotopic (exact) mass is 417 g/mol. The maximum absolute atomic E-state index is 11.1. The van der Waals surface area contributed by atoms with Crippen molar-refractivity contribution in [3.8, 4) is 39.8 Å². The van der Waals surface area contributed by atoms with Crippen molar-refractivity contribution in [1.29, 1.82) is 5.26 Å². The first-order valence-electron chi connectivity index (χ1n) is 9.83. The highest BCUT2D eigenvalue weighted by Gasteiger charge is 2.20. The number of hydrogen-bond acceptors (Lipinski definition) is 5. The molecule has 0 spiro atoms. The second kappa shape index (κ2) is 7.78. The van der Waals surface area contributed by atoms with Gasteiger partial charge in [-0.25, -0.2) is 4.98 Å². The summed E-state index contributed by atoms with van der Waals surface area (Å²) in [7, 11) is 0. The Kier molecular flexibility index (Phi) is 4.66. The van der Waals surface area contributed by atoms with Gasteiger partial charge < -0.3 is 4.98 Å². The van der Waals surface area contributed by atoms with Crippen molar-refractivity contribution in [2.24, 2.45) is 0 Å². The maximum atomic E-state index is 11.1. The molecule has 0 aliphatic carbocycles. The predicted molar refractivity (Wildman–Crippen MR) is 122 cm³/mol. The highest BCUT2D eigenvalue weighted by atomic mass is 16.6. The summed E-state index contributed by atoms with van der Waals surface area (Å²) in [6, 6.07) is 23.6. The first kappa shape index (κ1) is 19.2. The van der Waals surface area contributed by atoms with Gasteiger partial charge in [-0.1, -0.05) is 24.3 Å². The lowest BCUT2D eigenvalue weighted by molar-refractivity contribution is -0.384.